The van der Waals surface area contributed by atoms with Crippen LogP contribution in [-0.4, -0.2) is 26.6 Å². The van der Waals surface area contributed by atoms with Gasteiger partial charge in [-0.25, -0.2) is 13.8 Å². The normalized spacial score (nSPS) is 14.2. The van der Waals surface area contributed by atoms with Crippen LogP contribution in [0.4, 0.5) is 14.5 Å². The molecule has 0 fully saturated rings. The van der Waals surface area contributed by atoms with E-state index in [4.69, 9.17) is 0 Å². The van der Waals surface area contributed by atoms with Crippen LogP contribution in [-0.2, 0) is 16.6 Å². The Morgan fingerprint density at radius 2 is 1.61 bits per heavy atom. The molecule has 0 spiro atoms. The molecule has 4 aromatic rings. The molecule has 0 bridgehead atoms. The van der Waals surface area contributed by atoms with Gasteiger partial charge < -0.3 is 4.74 Å². The molecule has 5 rings (SSSR count). The first-order valence-electron chi connectivity index (χ1n) is 11.8. The van der Waals surface area contributed by atoms with Crippen molar-refractivity contribution in [2.75, 3.05) is 4.31 Å². The van der Waals surface area contributed by atoms with Crippen molar-refractivity contribution >= 4 is 38.1 Å². The molecule has 0 aromatic heterocycles. The predicted molar refractivity (Wildman–Crippen MR) is 141 cm³/mol. The molecule has 4 aromatic carbocycles. The second-order valence-electron chi connectivity index (χ2n) is 8.60. The van der Waals surface area contributed by atoms with Crippen LogP contribution >= 0.6 is 0 Å². The maximum atomic E-state index is 13.2. The fourth-order valence-corrected chi connectivity index (χ4v) is 6.11. The van der Waals surface area contributed by atoms with Gasteiger partial charge in [-0.3, -0.25) is 9.10 Å². The van der Waals surface area contributed by atoms with Gasteiger partial charge in [-0.05, 0) is 71.5 Å². The smallest absolute Gasteiger partial charge is 0.387 e. The Bertz CT molecular complexity index is 1630. The summed E-state index contributed by atoms with van der Waals surface area (Å²) in [5, 5.41) is 5.77. The highest BCUT2D eigenvalue weighted by Crippen LogP contribution is 2.42. The van der Waals surface area contributed by atoms with Crippen LogP contribution in [0.25, 0.3) is 10.8 Å². The molecule has 0 atom stereocenters. The van der Waals surface area contributed by atoms with Gasteiger partial charge in [0.15, 0.2) is 0 Å². The van der Waals surface area contributed by atoms with Gasteiger partial charge in [0.25, 0.3) is 15.9 Å². The summed E-state index contributed by atoms with van der Waals surface area (Å²) in [6.45, 7) is -0.924. The molecule has 38 heavy (non-hydrogen) atoms. The second-order valence-corrected chi connectivity index (χ2v) is 10.4. The maximum Gasteiger partial charge on any atom is 0.387 e. The Morgan fingerprint density at radius 1 is 0.947 bits per heavy atom. The van der Waals surface area contributed by atoms with Gasteiger partial charge in [0.1, 0.15) is 5.75 Å². The minimum atomic E-state index is -3.69. The molecule has 0 radical (unpaired) electrons. The van der Waals surface area contributed by atoms with E-state index in [0.717, 1.165) is 10.9 Å². The number of amides is 1. The Balaban J connectivity index is 1.29. The number of ether oxygens (including phenoxy) is 1. The lowest BCUT2D eigenvalue weighted by atomic mass is 10.1. The van der Waals surface area contributed by atoms with Crippen LogP contribution in [0.15, 0.2) is 94.9 Å². The number of carbonyl (C=O) groups excluding carboxylic acids is 1. The molecule has 10 heteroatoms. The monoisotopic (exact) mass is 535 g/mol. The van der Waals surface area contributed by atoms with Crippen LogP contribution < -0.4 is 14.5 Å². The number of alkyl halides is 2. The zero-order valence-electron chi connectivity index (χ0n) is 20.3. The fraction of sp³-hybridized carbons (Fsp3) is 0.143. The van der Waals surface area contributed by atoms with Crippen molar-refractivity contribution in [3.05, 3.63) is 102 Å². The first-order valence-corrected chi connectivity index (χ1v) is 13.3. The molecular formula is C28H23F2N3O4S. The van der Waals surface area contributed by atoms with Gasteiger partial charge >= 0.3 is 6.61 Å². The van der Waals surface area contributed by atoms with Gasteiger partial charge in [-0.15, -0.1) is 0 Å². The third-order valence-corrected chi connectivity index (χ3v) is 8.07. The van der Waals surface area contributed by atoms with Gasteiger partial charge in [-0.1, -0.05) is 43.3 Å². The quantitative estimate of drug-likeness (QED) is 0.232. The summed E-state index contributed by atoms with van der Waals surface area (Å²) < 4.78 is 56.9. The average Bonchev–Trinajstić information content (AvgIpc) is 3.13. The number of carbonyl (C=O) groups is 1. The van der Waals surface area contributed by atoms with Crippen molar-refractivity contribution in [3.63, 3.8) is 0 Å². The average molecular weight is 536 g/mol. The molecule has 0 unspecified atom stereocenters. The fourth-order valence-electron chi connectivity index (χ4n) is 4.42. The topological polar surface area (TPSA) is 88.1 Å². The van der Waals surface area contributed by atoms with E-state index in [1.807, 2.05) is 25.1 Å². The number of hydrogen-bond donors (Lipinski definition) is 1. The lowest BCUT2D eigenvalue weighted by molar-refractivity contribution is -0.0498. The molecular weight excluding hydrogens is 512 g/mol. The third-order valence-electron chi connectivity index (χ3n) is 6.26. The SMILES string of the molecule is CCC(=NNC(=O)c1ccc(CN2c3cccc4cccc(c34)S2(=O)=O)cc1)c1ccc(OC(F)F)cc1. The standard InChI is InChI=1S/C28H23F2N3O4S/c1-2-23(19-13-15-22(16-14-19)37-28(29)30)31-32-27(34)21-11-9-18(10-12-21)17-33-24-7-3-5-20-6-4-8-25(26(20)24)38(33,35)36/h3-16,28H,2,17H2,1H3,(H,32,34). The molecule has 0 saturated carbocycles. The summed E-state index contributed by atoms with van der Waals surface area (Å²) in [4.78, 5) is 13.0. The molecule has 194 valence electrons. The van der Waals surface area contributed by atoms with Crippen molar-refractivity contribution in [1.82, 2.24) is 5.43 Å². The third kappa shape index (κ3) is 4.82. The van der Waals surface area contributed by atoms with E-state index >= 15 is 0 Å². The Labute approximate surface area is 218 Å². The number of rotatable bonds is 8. The van der Waals surface area contributed by atoms with E-state index in [-0.39, 0.29) is 12.3 Å². The molecule has 0 aliphatic carbocycles. The van der Waals surface area contributed by atoms with Crippen molar-refractivity contribution in [1.29, 1.82) is 0 Å². The largest absolute Gasteiger partial charge is 0.435 e. The van der Waals surface area contributed by atoms with Crippen molar-refractivity contribution in [3.8, 4) is 5.75 Å². The highest BCUT2D eigenvalue weighted by atomic mass is 32.2. The molecule has 7 nitrogen and oxygen atoms in total. The van der Waals surface area contributed by atoms with Crippen LogP contribution in [0, 0.1) is 0 Å². The zero-order valence-corrected chi connectivity index (χ0v) is 21.1. The predicted octanol–water partition coefficient (Wildman–Crippen LogP) is 5.69. The first-order chi connectivity index (χ1) is 18.3. The van der Waals surface area contributed by atoms with Gasteiger partial charge in [0.2, 0.25) is 0 Å². The number of benzene rings is 4. The van der Waals surface area contributed by atoms with E-state index in [2.05, 4.69) is 15.3 Å². The molecule has 1 aliphatic rings. The molecule has 1 heterocycles. The first kappa shape index (κ1) is 25.3. The summed E-state index contributed by atoms with van der Waals surface area (Å²) in [7, 11) is -3.69. The van der Waals surface area contributed by atoms with Crippen LogP contribution in [0.5, 0.6) is 5.75 Å². The minimum Gasteiger partial charge on any atom is -0.435 e. The molecule has 0 saturated heterocycles. The Morgan fingerprint density at radius 3 is 2.26 bits per heavy atom. The number of hydrazone groups is 1. The maximum absolute atomic E-state index is 13.2. The molecule has 1 aliphatic heterocycles. The van der Waals surface area contributed by atoms with Crippen molar-refractivity contribution < 1.29 is 26.7 Å². The number of nitrogens with one attached hydrogen (secondary N) is 1. The van der Waals surface area contributed by atoms with Crippen molar-refractivity contribution in [2.45, 2.75) is 31.4 Å². The summed E-state index contributed by atoms with van der Waals surface area (Å²) in [6.07, 6.45) is 0.494. The van der Waals surface area contributed by atoms with Crippen LogP contribution in [0.1, 0.15) is 34.8 Å². The Hall–Kier alpha value is -4.31. The lowest BCUT2D eigenvalue weighted by Crippen LogP contribution is -2.26. The molecule has 1 amide bonds. The van der Waals surface area contributed by atoms with Gasteiger partial charge in [0, 0.05) is 10.9 Å². The lowest BCUT2D eigenvalue weighted by Gasteiger charge is -2.19. The number of anilines is 1. The highest BCUT2D eigenvalue weighted by Gasteiger charge is 2.35. The minimum absolute atomic E-state index is 0.0330. The summed E-state index contributed by atoms with van der Waals surface area (Å²) >= 11 is 0. The van der Waals surface area contributed by atoms with E-state index < -0.39 is 22.5 Å². The molecule has 1 N–H and O–H groups in total. The van der Waals surface area contributed by atoms with E-state index in [0.29, 0.717) is 39.2 Å². The Kier molecular flexibility index (Phi) is 6.81. The summed E-state index contributed by atoms with van der Waals surface area (Å²) in [6, 6.07) is 23.4. The number of sulfonamides is 1. The second kappa shape index (κ2) is 10.2. The number of hydrogen-bond acceptors (Lipinski definition) is 5. The number of nitrogens with zero attached hydrogens (tertiary/aromatic N) is 2. The van der Waals surface area contributed by atoms with Gasteiger partial charge in [-0.2, -0.15) is 13.9 Å². The van der Waals surface area contributed by atoms with Gasteiger partial charge in [0.05, 0.1) is 22.8 Å². The highest BCUT2D eigenvalue weighted by molar-refractivity contribution is 7.93. The van der Waals surface area contributed by atoms with Crippen LogP contribution in [0.2, 0.25) is 0 Å². The number of halogens is 2. The van der Waals surface area contributed by atoms with Crippen LogP contribution in [0.3, 0.4) is 0 Å². The van der Waals surface area contributed by atoms with E-state index in [1.54, 1.807) is 54.6 Å². The van der Waals surface area contributed by atoms with E-state index in [9.17, 15) is 22.0 Å². The van der Waals surface area contributed by atoms with Crippen molar-refractivity contribution in [2.24, 2.45) is 5.10 Å². The van der Waals surface area contributed by atoms with E-state index in [1.165, 1.54) is 16.4 Å². The summed E-state index contributed by atoms with van der Waals surface area (Å²) in [5.41, 5.74) is 5.44. The zero-order chi connectivity index (χ0) is 26.9. The summed E-state index contributed by atoms with van der Waals surface area (Å²) in [5.74, 6) is -0.406.